The van der Waals surface area contributed by atoms with Crippen molar-refractivity contribution in [3.63, 3.8) is 0 Å². The highest BCUT2D eigenvalue weighted by Gasteiger charge is 2.30. The fraction of sp³-hybridized carbons (Fsp3) is 0.333. The van der Waals surface area contributed by atoms with Gasteiger partial charge in [-0.2, -0.15) is 4.99 Å². The topological polar surface area (TPSA) is 71.7 Å². The van der Waals surface area contributed by atoms with Crippen LogP contribution in [0.1, 0.15) is 25.3 Å². The van der Waals surface area contributed by atoms with Crippen molar-refractivity contribution in [1.82, 2.24) is 9.47 Å². The number of likely N-dealkylation sites (tertiary alicyclic amines) is 1. The highest BCUT2D eigenvalue weighted by Crippen LogP contribution is 2.20. The number of nitrogens with zero attached hydrogens (tertiary/aromatic N) is 3. The Kier molecular flexibility index (Phi) is 4.94. The molecule has 6 nitrogen and oxygen atoms in total. The average molecular weight is 357 g/mol. The smallest absolute Gasteiger partial charge is 0.268 e. The average Bonchev–Trinajstić information content (AvgIpc) is 3.09. The van der Waals surface area contributed by atoms with E-state index in [4.69, 9.17) is 0 Å². The van der Waals surface area contributed by atoms with E-state index in [-0.39, 0.29) is 31.2 Å². The number of imide groups is 1. The number of carbonyl (C=O) groups excluding carboxylic acids is 3. The number of hydrogen-bond acceptors (Lipinski definition) is 4. The van der Waals surface area contributed by atoms with Gasteiger partial charge in [-0.05, 0) is 24.1 Å². The lowest BCUT2D eigenvalue weighted by Crippen LogP contribution is -2.34. The summed E-state index contributed by atoms with van der Waals surface area (Å²) in [5.41, 5.74) is 2.20. The Balaban J connectivity index is 1.98. The van der Waals surface area contributed by atoms with E-state index in [2.05, 4.69) is 30.6 Å². The molecular formula is C18H19N3O3S. The van der Waals surface area contributed by atoms with Crippen LogP contribution in [-0.4, -0.2) is 33.7 Å². The molecule has 0 unspecified atom stereocenters. The first kappa shape index (κ1) is 17.3. The maximum absolute atomic E-state index is 12.3. The largest absolute Gasteiger partial charge is 0.313 e. The molecule has 0 radical (unpaired) electrons. The summed E-state index contributed by atoms with van der Waals surface area (Å²) >= 11 is 1.42. The number of amides is 3. The zero-order valence-corrected chi connectivity index (χ0v) is 14.8. The molecule has 3 rings (SSSR count). The first-order chi connectivity index (χ1) is 12.0. The third-order valence-electron chi connectivity index (χ3n) is 4.14. The summed E-state index contributed by atoms with van der Waals surface area (Å²) < 4.78 is 2.96. The van der Waals surface area contributed by atoms with E-state index < -0.39 is 5.91 Å². The van der Waals surface area contributed by atoms with E-state index in [1.807, 2.05) is 10.6 Å². The first-order valence-electron chi connectivity index (χ1n) is 8.17. The van der Waals surface area contributed by atoms with Gasteiger partial charge < -0.3 is 4.57 Å². The summed E-state index contributed by atoms with van der Waals surface area (Å²) in [5.74, 6) is -1.11. The molecule has 1 saturated heterocycles. The van der Waals surface area contributed by atoms with Crippen molar-refractivity contribution in [1.29, 1.82) is 0 Å². The van der Waals surface area contributed by atoms with Crippen molar-refractivity contribution in [3.05, 3.63) is 41.2 Å². The Hall–Kier alpha value is -2.54. The van der Waals surface area contributed by atoms with E-state index in [1.54, 1.807) is 6.08 Å². The van der Waals surface area contributed by atoms with Crippen molar-refractivity contribution in [2.24, 2.45) is 4.99 Å². The van der Waals surface area contributed by atoms with Gasteiger partial charge in [0, 0.05) is 19.4 Å². The molecule has 2 aromatic rings. The highest BCUT2D eigenvalue weighted by atomic mass is 32.1. The van der Waals surface area contributed by atoms with E-state index in [0.29, 0.717) is 11.3 Å². The molecule has 25 heavy (non-hydrogen) atoms. The van der Waals surface area contributed by atoms with Gasteiger partial charge in [0.1, 0.15) is 6.54 Å². The van der Waals surface area contributed by atoms with Crippen molar-refractivity contribution in [3.8, 4) is 0 Å². The molecule has 0 N–H and O–H groups in total. The minimum absolute atomic E-state index is 0.172. The Morgan fingerprint density at radius 2 is 2.04 bits per heavy atom. The summed E-state index contributed by atoms with van der Waals surface area (Å²) in [5, 5.41) is 0. The first-order valence-corrected chi connectivity index (χ1v) is 8.99. The fourth-order valence-electron chi connectivity index (χ4n) is 2.80. The van der Waals surface area contributed by atoms with Gasteiger partial charge in [-0.3, -0.25) is 19.3 Å². The number of aryl methyl sites for hydroxylation is 1. The molecule has 0 atom stereocenters. The minimum Gasteiger partial charge on any atom is -0.313 e. The molecule has 1 aromatic heterocycles. The van der Waals surface area contributed by atoms with Crippen molar-refractivity contribution < 1.29 is 14.4 Å². The normalized spacial score (nSPS) is 15.4. The summed E-state index contributed by atoms with van der Waals surface area (Å²) in [7, 11) is 0. The molecule has 130 valence electrons. The van der Waals surface area contributed by atoms with Crippen LogP contribution in [-0.2, 0) is 27.3 Å². The molecule has 0 saturated carbocycles. The predicted octanol–water partition coefficient (Wildman–Crippen LogP) is 2.03. The molecule has 2 heterocycles. The standard InChI is InChI=1S/C18H19N3O3S/c1-3-9-20-13-6-5-12(4-2)10-14(13)25-18(20)19-15(22)11-21-16(23)7-8-17(21)24/h3,5-6,10H,1,4,7-9,11H2,2H3. The summed E-state index contributed by atoms with van der Waals surface area (Å²) in [6.45, 7) is 6.08. The molecule has 7 heteroatoms. The lowest BCUT2D eigenvalue weighted by molar-refractivity contribution is -0.141. The Morgan fingerprint density at radius 3 is 2.68 bits per heavy atom. The van der Waals surface area contributed by atoms with Gasteiger partial charge in [-0.15, -0.1) is 6.58 Å². The number of allylic oxidation sites excluding steroid dienone is 1. The van der Waals surface area contributed by atoms with Crippen LogP contribution in [0.25, 0.3) is 10.2 Å². The van der Waals surface area contributed by atoms with Crippen LogP contribution in [0.15, 0.2) is 35.8 Å². The molecule has 1 aliphatic heterocycles. The van der Waals surface area contributed by atoms with Gasteiger partial charge in [0.05, 0.1) is 10.2 Å². The number of rotatable bonds is 5. The molecule has 0 aliphatic carbocycles. The Labute approximate surface area is 149 Å². The number of hydrogen-bond donors (Lipinski definition) is 0. The van der Waals surface area contributed by atoms with Crippen molar-refractivity contribution in [2.45, 2.75) is 32.7 Å². The van der Waals surface area contributed by atoms with Gasteiger partial charge in [0.25, 0.3) is 5.91 Å². The monoisotopic (exact) mass is 357 g/mol. The fourth-order valence-corrected chi connectivity index (χ4v) is 3.93. The Morgan fingerprint density at radius 1 is 1.32 bits per heavy atom. The summed E-state index contributed by atoms with van der Waals surface area (Å²) in [4.78, 5) is 41.3. The molecule has 1 aliphatic rings. The van der Waals surface area contributed by atoms with Crippen molar-refractivity contribution in [2.75, 3.05) is 6.54 Å². The molecule has 1 aromatic carbocycles. The second-order valence-corrected chi connectivity index (χ2v) is 6.83. The highest BCUT2D eigenvalue weighted by molar-refractivity contribution is 7.16. The van der Waals surface area contributed by atoms with Gasteiger partial charge in [-0.1, -0.05) is 30.4 Å². The summed E-state index contributed by atoms with van der Waals surface area (Å²) in [6.07, 6.45) is 3.02. The molecule has 3 amide bonds. The van der Waals surface area contributed by atoms with Crippen LogP contribution in [0.4, 0.5) is 0 Å². The van der Waals surface area contributed by atoms with Crippen LogP contribution < -0.4 is 4.80 Å². The van der Waals surface area contributed by atoms with E-state index in [0.717, 1.165) is 21.5 Å². The van der Waals surface area contributed by atoms with Gasteiger partial charge >= 0.3 is 0 Å². The Bertz CT molecular complexity index is 923. The molecular weight excluding hydrogens is 338 g/mol. The van der Waals surface area contributed by atoms with Crippen LogP contribution in [0.5, 0.6) is 0 Å². The lowest BCUT2D eigenvalue weighted by atomic mass is 10.2. The number of aromatic nitrogens is 1. The summed E-state index contributed by atoms with van der Waals surface area (Å²) in [6, 6.07) is 6.17. The number of carbonyl (C=O) groups is 3. The maximum atomic E-state index is 12.3. The molecule has 0 bridgehead atoms. The SMILES string of the molecule is C=CCn1c(=NC(=O)CN2C(=O)CCC2=O)sc2cc(CC)ccc21. The molecule has 0 spiro atoms. The van der Waals surface area contributed by atoms with E-state index in [1.165, 1.54) is 16.9 Å². The second-order valence-electron chi connectivity index (χ2n) is 5.82. The third kappa shape index (κ3) is 3.46. The third-order valence-corrected chi connectivity index (χ3v) is 5.18. The minimum atomic E-state index is -0.497. The molecule has 1 fully saturated rings. The zero-order chi connectivity index (χ0) is 18.0. The van der Waals surface area contributed by atoms with Crippen LogP contribution in [0.3, 0.4) is 0 Å². The van der Waals surface area contributed by atoms with Crippen LogP contribution >= 0.6 is 11.3 Å². The number of benzene rings is 1. The van der Waals surface area contributed by atoms with Gasteiger partial charge in [0.15, 0.2) is 4.80 Å². The van der Waals surface area contributed by atoms with E-state index in [9.17, 15) is 14.4 Å². The quantitative estimate of drug-likeness (QED) is 0.607. The van der Waals surface area contributed by atoms with Crippen molar-refractivity contribution >= 4 is 39.3 Å². The van der Waals surface area contributed by atoms with Crippen LogP contribution in [0, 0.1) is 0 Å². The van der Waals surface area contributed by atoms with E-state index >= 15 is 0 Å². The van der Waals surface area contributed by atoms with Gasteiger partial charge in [-0.25, -0.2) is 0 Å². The maximum Gasteiger partial charge on any atom is 0.268 e. The van der Waals surface area contributed by atoms with Crippen LogP contribution in [0.2, 0.25) is 0 Å². The number of thiazole rings is 1. The number of fused-ring (bicyclic) bond motifs is 1. The predicted molar refractivity (Wildman–Crippen MR) is 95.9 cm³/mol. The van der Waals surface area contributed by atoms with Gasteiger partial charge in [0.2, 0.25) is 11.8 Å². The second kappa shape index (κ2) is 7.14. The lowest BCUT2D eigenvalue weighted by Gasteiger charge is -2.10. The zero-order valence-electron chi connectivity index (χ0n) is 14.0.